The number of fused-ring (bicyclic) bond motifs is 1. The molecule has 218 valence electrons. The number of aliphatic carboxylic acids is 1. The minimum atomic E-state index is -5.19. The van der Waals surface area contributed by atoms with Gasteiger partial charge < -0.3 is 23.8 Å². The molecule has 1 unspecified atom stereocenters. The molecule has 0 saturated carbocycles. The number of carboxylic acid groups (broad SMARTS) is 1. The monoisotopic (exact) mass is 570 g/mol. The molecule has 0 fully saturated rings. The molecule has 0 saturated heterocycles. The number of carbonyl (C=O) groups is 2. The summed E-state index contributed by atoms with van der Waals surface area (Å²) in [6, 6.07) is 6.41. The largest absolute Gasteiger partial charge is 0.542 e. The molecule has 1 aromatic heterocycles. The van der Waals surface area contributed by atoms with Crippen molar-refractivity contribution in [2.24, 2.45) is 11.5 Å². The fourth-order valence-corrected chi connectivity index (χ4v) is 3.68. The average molecular weight is 571 g/mol. The van der Waals surface area contributed by atoms with E-state index < -0.39 is 12.1 Å². The second kappa shape index (κ2) is 13.6. The van der Waals surface area contributed by atoms with Crippen molar-refractivity contribution >= 4 is 28.8 Å². The summed E-state index contributed by atoms with van der Waals surface area (Å²) in [5, 5.41) is 8.78. The van der Waals surface area contributed by atoms with Gasteiger partial charge in [0.1, 0.15) is 23.9 Å². The van der Waals surface area contributed by atoms with Crippen LogP contribution < -0.4 is 31.0 Å². The van der Waals surface area contributed by atoms with Crippen LogP contribution in [-0.2, 0) is 4.79 Å². The van der Waals surface area contributed by atoms with Crippen molar-refractivity contribution in [2.45, 2.75) is 46.2 Å². The lowest BCUT2D eigenvalue weighted by Gasteiger charge is -2.18. The number of carbonyl (C=O) groups excluding carboxylic acids is 2. The maximum Gasteiger partial charge on any atom is 0.430 e. The number of hydrogen-bond donors (Lipinski definition) is 3. The number of alkyl halides is 3. The Morgan fingerprint density at radius 3 is 2.20 bits per heavy atom. The Labute approximate surface area is 227 Å². The molecule has 2 aromatic carbocycles. The van der Waals surface area contributed by atoms with Gasteiger partial charge in [0.25, 0.3) is 0 Å². The number of halogens is 4. The molecule has 0 aliphatic rings. The van der Waals surface area contributed by atoms with Crippen LogP contribution in [0.15, 0.2) is 28.7 Å². The number of nitrogens with one attached hydrogen (secondary N) is 1. The van der Waals surface area contributed by atoms with Crippen LogP contribution in [0.5, 0.6) is 11.5 Å². The van der Waals surface area contributed by atoms with Crippen molar-refractivity contribution in [1.82, 2.24) is 4.98 Å². The van der Waals surface area contributed by atoms with Crippen molar-refractivity contribution in [3.05, 3.63) is 52.7 Å². The Kier molecular flexibility index (Phi) is 10.9. The normalized spacial score (nSPS) is 11.8. The molecule has 0 radical (unpaired) electrons. The third-order valence-electron chi connectivity index (χ3n) is 5.60. The Bertz CT molecular complexity index is 1370. The summed E-state index contributed by atoms with van der Waals surface area (Å²) in [6.07, 6.45) is -4.54. The highest BCUT2D eigenvalue weighted by molar-refractivity contribution is 6.05. The minimum Gasteiger partial charge on any atom is -0.542 e. The fourth-order valence-electron chi connectivity index (χ4n) is 3.68. The lowest BCUT2D eigenvalue weighted by Crippen LogP contribution is -2.79. The molecule has 1 heterocycles. The Morgan fingerprint density at radius 2 is 1.68 bits per heavy atom. The zero-order chi connectivity index (χ0) is 30.2. The van der Waals surface area contributed by atoms with Gasteiger partial charge in [-0.3, -0.25) is 21.3 Å². The van der Waals surface area contributed by atoms with Crippen LogP contribution in [0.4, 0.5) is 17.6 Å². The van der Waals surface area contributed by atoms with E-state index in [1.165, 1.54) is 19.1 Å². The lowest BCUT2D eigenvalue weighted by molar-refractivity contribution is -0.461. The average Bonchev–Trinajstić information content (AvgIpc) is 3.25. The van der Waals surface area contributed by atoms with Crippen LogP contribution in [0, 0.1) is 19.7 Å². The van der Waals surface area contributed by atoms with Gasteiger partial charge in [-0.15, -0.1) is 0 Å². The van der Waals surface area contributed by atoms with E-state index in [0.29, 0.717) is 59.2 Å². The number of aromatic nitrogens is 1. The number of ether oxygens (including phenoxy) is 2. The second-order valence-electron chi connectivity index (χ2n) is 8.73. The van der Waals surface area contributed by atoms with Crippen LogP contribution in [-0.4, -0.2) is 48.6 Å². The number of aryl methyl sites for hydroxylation is 2. The van der Waals surface area contributed by atoms with Crippen LogP contribution in [0.2, 0.25) is 0 Å². The zero-order valence-corrected chi connectivity index (χ0v) is 22.3. The first-order valence-corrected chi connectivity index (χ1v) is 12.0. The molecule has 0 aliphatic carbocycles. The second-order valence-corrected chi connectivity index (χ2v) is 8.73. The molecule has 0 bridgehead atoms. The van der Waals surface area contributed by atoms with Crippen LogP contribution in [0.25, 0.3) is 11.1 Å². The summed E-state index contributed by atoms with van der Waals surface area (Å²) in [5.41, 5.74) is 13.9. The Hall–Kier alpha value is -4.36. The number of benzene rings is 2. The van der Waals surface area contributed by atoms with Crippen LogP contribution >= 0.6 is 0 Å². The summed E-state index contributed by atoms with van der Waals surface area (Å²) in [4.78, 5) is 28.5. The van der Waals surface area contributed by atoms with E-state index in [0.717, 1.165) is 5.56 Å². The molecule has 3 aromatic rings. The molecule has 0 spiro atoms. The van der Waals surface area contributed by atoms with Gasteiger partial charge in [-0.1, -0.05) is 19.1 Å². The zero-order valence-electron chi connectivity index (χ0n) is 22.3. The molecule has 1 atom stereocenters. The molecule has 14 heteroatoms. The van der Waals surface area contributed by atoms with Gasteiger partial charge in [0.15, 0.2) is 17.4 Å². The molecule has 3 rings (SSSR count). The predicted molar refractivity (Wildman–Crippen MR) is 134 cm³/mol. The number of rotatable bonds is 10. The number of nitrogens with zero attached hydrogens (tertiary/aromatic N) is 1. The molecule has 0 amide bonds. The maximum atomic E-state index is 13.2. The number of Topliss-reactive ketones (excluding diaryl/α,β-unsaturated/α-hetero) is 1. The number of nitrogens with two attached hydrogens (primary N) is 2. The molecular formula is C26H30F4N4O6. The van der Waals surface area contributed by atoms with Crippen LogP contribution in [0.1, 0.15) is 53.6 Å². The Morgan fingerprint density at radius 1 is 1.10 bits per heavy atom. The number of ketones is 1. The van der Waals surface area contributed by atoms with Crippen molar-refractivity contribution in [1.29, 1.82) is 0 Å². The van der Waals surface area contributed by atoms with E-state index in [-0.39, 0.29) is 30.1 Å². The highest BCUT2D eigenvalue weighted by atomic mass is 19.4. The number of carboxylic acids is 1. The van der Waals surface area contributed by atoms with E-state index in [1.807, 2.05) is 6.92 Å². The van der Waals surface area contributed by atoms with Gasteiger partial charge in [-0.05, 0) is 49.4 Å². The summed E-state index contributed by atoms with van der Waals surface area (Å²) >= 11 is 0. The first kappa shape index (κ1) is 31.9. The van der Waals surface area contributed by atoms with Gasteiger partial charge in [0.05, 0.1) is 18.7 Å². The smallest absolute Gasteiger partial charge is 0.430 e. The lowest BCUT2D eigenvalue weighted by atomic mass is 9.98. The topological polar surface area (TPSA) is 168 Å². The molecule has 5 N–H and O–H groups in total. The highest BCUT2D eigenvalue weighted by Gasteiger charge is 2.29. The molecule has 40 heavy (non-hydrogen) atoms. The van der Waals surface area contributed by atoms with E-state index >= 15 is 0 Å². The van der Waals surface area contributed by atoms with Gasteiger partial charge in [-0.25, -0.2) is 9.37 Å². The van der Waals surface area contributed by atoms with Crippen LogP contribution in [0.3, 0.4) is 0 Å². The fraction of sp³-hybridized carbons (Fsp3) is 0.385. The number of hydrogen-bond acceptors (Lipinski definition) is 7. The van der Waals surface area contributed by atoms with Crippen molar-refractivity contribution < 1.29 is 51.1 Å². The third-order valence-corrected chi connectivity index (χ3v) is 5.60. The summed E-state index contributed by atoms with van der Waals surface area (Å²) in [6.45, 7) is 7.91. The highest BCUT2D eigenvalue weighted by Crippen LogP contribution is 2.42. The third kappa shape index (κ3) is 8.58. The first-order chi connectivity index (χ1) is 18.6. The van der Waals surface area contributed by atoms with Gasteiger partial charge in [0, 0.05) is 6.92 Å². The minimum absolute atomic E-state index is 0.0779. The van der Waals surface area contributed by atoms with Crippen molar-refractivity contribution in [3.63, 3.8) is 0 Å². The van der Waals surface area contributed by atoms with E-state index in [1.54, 1.807) is 26.0 Å². The Balaban J connectivity index is 0.000000708. The van der Waals surface area contributed by atoms with Crippen molar-refractivity contribution in [3.8, 4) is 11.5 Å². The van der Waals surface area contributed by atoms with E-state index in [9.17, 15) is 22.4 Å². The van der Waals surface area contributed by atoms with E-state index in [4.69, 9.17) is 35.3 Å². The summed E-state index contributed by atoms with van der Waals surface area (Å²) < 4.78 is 62.7. The summed E-state index contributed by atoms with van der Waals surface area (Å²) in [5.74, 6) is -2.16. The predicted octanol–water partition coefficient (Wildman–Crippen LogP) is 1.39. The van der Waals surface area contributed by atoms with Crippen molar-refractivity contribution in [2.75, 3.05) is 19.8 Å². The molecule has 10 nitrogen and oxygen atoms in total. The summed E-state index contributed by atoms with van der Waals surface area (Å²) in [7, 11) is 0. The van der Waals surface area contributed by atoms with Gasteiger partial charge in [0.2, 0.25) is 11.3 Å². The quantitative estimate of drug-likeness (QED) is 0.107. The maximum absolute atomic E-state index is 13.2. The van der Waals surface area contributed by atoms with Gasteiger partial charge in [-0.2, -0.15) is 13.2 Å². The molecule has 0 aliphatic heterocycles. The van der Waals surface area contributed by atoms with Gasteiger partial charge >= 0.3 is 12.1 Å². The first-order valence-electron chi connectivity index (χ1n) is 12.0. The standard InChI is InChI=1S/C24H29FN4O4.C2HF3O2/c1-13(17-5-7-18(25)8-6-17)9-11-31-23-21(32-12-10-28-24(26)27)19(15(3)30)14(2)20-22(23)33-16(4)29-20;3-2(4,5)1(6)7/h5-8,13H,9-12H2,1-4H3,(H4,26,27,28);(H,6,7). The molecular weight excluding hydrogens is 540 g/mol. The number of oxazole rings is 1. The van der Waals surface area contributed by atoms with E-state index in [2.05, 4.69) is 9.98 Å². The SMILES string of the molecule is CC(=O)c1c(OCC[NH+]=C(N)N)c(OCCC(C)c2ccc(F)cc2)c2oc(C)nc2c1C.O=C([O-])C(F)(F)F. The number of guanidine groups is 1.